The number of carboxylic acid groups (broad SMARTS) is 1. The van der Waals surface area contributed by atoms with Crippen LogP contribution in [0, 0.1) is 5.92 Å². The largest absolute Gasteiger partial charge is 0.550 e. The topological polar surface area (TPSA) is 53.3 Å². The van der Waals surface area contributed by atoms with Gasteiger partial charge in [0.1, 0.15) is 5.76 Å². The summed E-state index contributed by atoms with van der Waals surface area (Å²) in [6.07, 6.45) is 5.79. The molecule has 0 amide bonds. The van der Waals surface area contributed by atoms with Gasteiger partial charge in [-0.2, -0.15) is 0 Å². The summed E-state index contributed by atoms with van der Waals surface area (Å²) in [5, 5.41) is 10.9. The number of unbranched alkanes of at least 4 members (excludes halogenated alkanes) is 2. The summed E-state index contributed by atoms with van der Waals surface area (Å²) in [5.74, 6) is -0.661. The molecule has 0 fully saturated rings. The van der Waals surface area contributed by atoms with E-state index in [1.54, 1.807) is 18.4 Å². The highest BCUT2D eigenvalue weighted by Crippen LogP contribution is 2.15. The Bertz CT molecular complexity index is 277. The Morgan fingerprint density at radius 1 is 1.53 bits per heavy atom. The quantitative estimate of drug-likeness (QED) is 0.643. The Hall–Kier alpha value is -1.25. The number of hydrogen-bond acceptors (Lipinski definition) is 3. The molecule has 0 aromatic carbocycles. The SMILES string of the molecule is CCCCCC(Cc1ccco1)C(=O)[O-]. The van der Waals surface area contributed by atoms with Gasteiger partial charge in [0, 0.05) is 18.3 Å². The number of carbonyl (C=O) groups excluding carboxylic acids is 1. The van der Waals surface area contributed by atoms with Crippen LogP contribution in [-0.4, -0.2) is 5.97 Å². The molecule has 1 heterocycles. The fourth-order valence-corrected chi connectivity index (χ4v) is 1.62. The fourth-order valence-electron chi connectivity index (χ4n) is 1.62. The van der Waals surface area contributed by atoms with Gasteiger partial charge >= 0.3 is 0 Å². The van der Waals surface area contributed by atoms with Crippen LogP contribution in [0.3, 0.4) is 0 Å². The molecule has 15 heavy (non-hydrogen) atoms. The average molecular weight is 209 g/mol. The highest BCUT2D eigenvalue weighted by Gasteiger charge is 2.12. The molecule has 1 unspecified atom stereocenters. The summed E-state index contributed by atoms with van der Waals surface area (Å²) in [5.41, 5.74) is 0. The average Bonchev–Trinajstić information content (AvgIpc) is 2.69. The predicted molar refractivity (Wildman–Crippen MR) is 55.1 cm³/mol. The van der Waals surface area contributed by atoms with Gasteiger partial charge in [-0.15, -0.1) is 0 Å². The van der Waals surface area contributed by atoms with Gasteiger partial charge in [-0.1, -0.05) is 26.2 Å². The van der Waals surface area contributed by atoms with Gasteiger partial charge < -0.3 is 14.3 Å². The zero-order valence-electron chi connectivity index (χ0n) is 9.07. The molecule has 0 saturated heterocycles. The molecule has 3 nitrogen and oxygen atoms in total. The van der Waals surface area contributed by atoms with Crippen molar-refractivity contribution in [2.45, 2.75) is 39.0 Å². The molecule has 0 N–H and O–H groups in total. The summed E-state index contributed by atoms with van der Waals surface area (Å²) >= 11 is 0. The summed E-state index contributed by atoms with van der Waals surface area (Å²) < 4.78 is 5.13. The summed E-state index contributed by atoms with van der Waals surface area (Å²) in [6, 6.07) is 3.57. The van der Waals surface area contributed by atoms with E-state index in [2.05, 4.69) is 6.92 Å². The van der Waals surface area contributed by atoms with Crippen LogP contribution in [0.15, 0.2) is 22.8 Å². The Balaban J connectivity index is 2.40. The highest BCUT2D eigenvalue weighted by atomic mass is 16.4. The van der Waals surface area contributed by atoms with E-state index in [4.69, 9.17) is 4.42 Å². The molecule has 0 saturated carbocycles. The number of rotatable bonds is 7. The van der Waals surface area contributed by atoms with Crippen molar-refractivity contribution in [2.75, 3.05) is 0 Å². The first-order chi connectivity index (χ1) is 7.24. The minimum Gasteiger partial charge on any atom is -0.550 e. The van der Waals surface area contributed by atoms with E-state index in [1.165, 1.54) is 0 Å². The van der Waals surface area contributed by atoms with E-state index in [-0.39, 0.29) is 0 Å². The number of hydrogen-bond donors (Lipinski definition) is 0. The Morgan fingerprint density at radius 2 is 2.33 bits per heavy atom. The van der Waals surface area contributed by atoms with Crippen LogP contribution in [0.2, 0.25) is 0 Å². The van der Waals surface area contributed by atoms with Crippen LogP contribution in [0.5, 0.6) is 0 Å². The van der Waals surface area contributed by atoms with E-state index < -0.39 is 11.9 Å². The van der Waals surface area contributed by atoms with E-state index in [9.17, 15) is 9.90 Å². The molecule has 0 aliphatic carbocycles. The second kappa shape index (κ2) is 6.27. The van der Waals surface area contributed by atoms with Crippen LogP contribution < -0.4 is 5.11 Å². The van der Waals surface area contributed by atoms with Crippen molar-refractivity contribution in [1.29, 1.82) is 0 Å². The number of carbonyl (C=O) groups is 1. The third kappa shape index (κ3) is 4.19. The predicted octanol–water partition coefficient (Wildman–Crippen LogP) is 1.77. The Labute approximate surface area is 90.1 Å². The Morgan fingerprint density at radius 3 is 2.87 bits per heavy atom. The van der Waals surface area contributed by atoms with Crippen molar-refractivity contribution in [3.05, 3.63) is 24.2 Å². The van der Waals surface area contributed by atoms with Crippen molar-refractivity contribution in [3.63, 3.8) is 0 Å². The molecule has 1 rings (SSSR count). The van der Waals surface area contributed by atoms with E-state index in [0.717, 1.165) is 25.0 Å². The van der Waals surface area contributed by atoms with Gasteiger partial charge in [-0.05, 0) is 18.6 Å². The first kappa shape index (κ1) is 11.8. The van der Waals surface area contributed by atoms with E-state index in [1.807, 2.05) is 0 Å². The summed E-state index contributed by atoms with van der Waals surface area (Å²) in [4.78, 5) is 10.9. The maximum Gasteiger partial charge on any atom is 0.104 e. The molecule has 0 radical (unpaired) electrons. The Kier molecular flexibility index (Phi) is 4.95. The minimum atomic E-state index is -0.970. The molecule has 0 spiro atoms. The van der Waals surface area contributed by atoms with Gasteiger partial charge in [0.25, 0.3) is 0 Å². The van der Waals surface area contributed by atoms with Crippen LogP contribution in [-0.2, 0) is 11.2 Å². The van der Waals surface area contributed by atoms with Crippen molar-refractivity contribution < 1.29 is 14.3 Å². The number of aliphatic carboxylic acids is 1. The molecule has 0 bridgehead atoms. The first-order valence-electron chi connectivity index (χ1n) is 5.47. The van der Waals surface area contributed by atoms with Crippen LogP contribution in [0.4, 0.5) is 0 Å². The maximum absolute atomic E-state index is 10.9. The second-order valence-corrected chi connectivity index (χ2v) is 3.80. The molecular formula is C12H17O3-. The van der Waals surface area contributed by atoms with Crippen LogP contribution in [0.1, 0.15) is 38.4 Å². The van der Waals surface area contributed by atoms with Gasteiger partial charge in [-0.25, -0.2) is 0 Å². The lowest BCUT2D eigenvalue weighted by Crippen LogP contribution is -2.32. The molecular weight excluding hydrogens is 192 g/mol. The molecule has 3 heteroatoms. The zero-order chi connectivity index (χ0) is 11.1. The highest BCUT2D eigenvalue weighted by molar-refractivity contribution is 5.67. The molecule has 1 aromatic rings. The van der Waals surface area contributed by atoms with Crippen molar-refractivity contribution in [2.24, 2.45) is 5.92 Å². The fraction of sp³-hybridized carbons (Fsp3) is 0.583. The third-order valence-electron chi connectivity index (χ3n) is 2.52. The summed E-state index contributed by atoms with van der Waals surface area (Å²) in [7, 11) is 0. The molecule has 84 valence electrons. The maximum atomic E-state index is 10.9. The number of carboxylic acids is 1. The van der Waals surface area contributed by atoms with Gasteiger partial charge in [0.2, 0.25) is 0 Å². The zero-order valence-corrected chi connectivity index (χ0v) is 9.07. The van der Waals surface area contributed by atoms with Crippen molar-refractivity contribution in [3.8, 4) is 0 Å². The van der Waals surface area contributed by atoms with Crippen LogP contribution >= 0.6 is 0 Å². The smallest absolute Gasteiger partial charge is 0.104 e. The minimum absolute atomic E-state index is 0.414. The molecule has 0 aliphatic heterocycles. The second-order valence-electron chi connectivity index (χ2n) is 3.80. The molecule has 1 atom stereocenters. The molecule has 1 aromatic heterocycles. The van der Waals surface area contributed by atoms with Gasteiger partial charge in [-0.3, -0.25) is 0 Å². The van der Waals surface area contributed by atoms with Crippen molar-refractivity contribution >= 4 is 5.97 Å². The van der Waals surface area contributed by atoms with Gasteiger partial charge in [0.15, 0.2) is 0 Å². The monoisotopic (exact) mass is 209 g/mol. The molecule has 0 aliphatic rings. The van der Waals surface area contributed by atoms with Gasteiger partial charge in [0.05, 0.1) is 6.26 Å². The van der Waals surface area contributed by atoms with E-state index >= 15 is 0 Å². The lowest BCUT2D eigenvalue weighted by Gasteiger charge is -2.16. The first-order valence-corrected chi connectivity index (χ1v) is 5.47. The lowest BCUT2D eigenvalue weighted by molar-refractivity contribution is -0.311. The van der Waals surface area contributed by atoms with Crippen molar-refractivity contribution in [1.82, 2.24) is 0 Å². The normalized spacial score (nSPS) is 12.6. The number of furan rings is 1. The lowest BCUT2D eigenvalue weighted by atomic mass is 9.97. The standard InChI is InChI=1S/C12H18O3/c1-2-3-4-6-10(12(13)14)9-11-7-5-8-15-11/h5,7-8,10H,2-4,6,9H2,1H3,(H,13,14)/p-1. The van der Waals surface area contributed by atoms with Crippen LogP contribution in [0.25, 0.3) is 0 Å². The summed E-state index contributed by atoms with van der Waals surface area (Å²) in [6.45, 7) is 2.10. The van der Waals surface area contributed by atoms with E-state index in [0.29, 0.717) is 12.8 Å². The third-order valence-corrected chi connectivity index (χ3v) is 2.52.